The summed E-state index contributed by atoms with van der Waals surface area (Å²) in [5.74, 6) is 0. The number of halogens is 1. The minimum atomic E-state index is 0. The van der Waals surface area contributed by atoms with Crippen molar-refractivity contribution < 1.29 is 0 Å². The molecule has 1 aliphatic rings. The normalized spacial score (nSPS) is 16.5. The Balaban J connectivity index is 0.0000185. The van der Waals surface area contributed by atoms with E-state index in [-0.39, 0.29) is 17.0 Å². The lowest BCUT2D eigenvalue weighted by atomic mass is 10.0. The SMILES string of the molecule is Br.CCCCCCCCCCCCCCCCCC(CC)N1CCN(C)C1CCCCCCCCCCCCCCCCC. The van der Waals surface area contributed by atoms with Gasteiger partial charge in [0.05, 0.1) is 6.17 Å². The molecule has 0 aliphatic carbocycles. The molecule has 0 radical (unpaired) electrons. The average molecular weight is 686 g/mol. The van der Waals surface area contributed by atoms with Crippen molar-refractivity contribution >= 4 is 17.0 Å². The lowest BCUT2D eigenvalue weighted by Crippen LogP contribution is -2.43. The summed E-state index contributed by atoms with van der Waals surface area (Å²) in [5, 5.41) is 0. The Morgan fingerprint density at radius 3 is 1.09 bits per heavy atom. The molecule has 2 unspecified atom stereocenters. The van der Waals surface area contributed by atoms with Crippen molar-refractivity contribution in [2.75, 3.05) is 20.1 Å². The Morgan fingerprint density at radius 1 is 0.432 bits per heavy atom. The summed E-state index contributed by atoms with van der Waals surface area (Å²) in [6.45, 7) is 9.65. The van der Waals surface area contributed by atoms with E-state index in [1.165, 1.54) is 225 Å². The van der Waals surface area contributed by atoms with E-state index < -0.39 is 0 Å². The fourth-order valence-corrected chi connectivity index (χ4v) is 7.69. The average Bonchev–Trinajstić information content (AvgIpc) is 3.38. The molecule has 44 heavy (non-hydrogen) atoms. The first-order chi connectivity index (χ1) is 21.2. The van der Waals surface area contributed by atoms with E-state index in [2.05, 4.69) is 37.6 Å². The highest BCUT2D eigenvalue weighted by Gasteiger charge is 2.32. The summed E-state index contributed by atoms with van der Waals surface area (Å²) in [6.07, 6.45) is 48.7. The number of hydrogen-bond donors (Lipinski definition) is 0. The molecule has 0 amide bonds. The van der Waals surface area contributed by atoms with Gasteiger partial charge < -0.3 is 0 Å². The predicted molar refractivity (Wildman–Crippen MR) is 207 cm³/mol. The molecule has 0 aromatic carbocycles. The molecule has 0 aromatic rings. The van der Waals surface area contributed by atoms with Crippen LogP contribution in [0.5, 0.6) is 0 Å². The largest absolute Gasteiger partial charge is 0.290 e. The Morgan fingerprint density at radius 2 is 0.750 bits per heavy atom. The van der Waals surface area contributed by atoms with Crippen LogP contribution >= 0.6 is 17.0 Å². The van der Waals surface area contributed by atoms with Crippen LogP contribution in [-0.2, 0) is 0 Å². The van der Waals surface area contributed by atoms with Crippen LogP contribution in [0.2, 0.25) is 0 Å². The summed E-state index contributed by atoms with van der Waals surface area (Å²) in [5.41, 5.74) is 0. The standard InChI is InChI=1S/C41H84N2.BrH/c1-5-8-10-12-14-16-18-20-22-24-26-28-30-32-34-36-40(7-3)43-39-38-42(4)41(43)37-35-33-31-29-27-25-23-21-19-17-15-13-11-9-6-2;/h40-41H,5-39H2,1-4H3;1H. The molecule has 0 spiro atoms. The summed E-state index contributed by atoms with van der Waals surface area (Å²) in [4.78, 5) is 5.58. The van der Waals surface area contributed by atoms with Gasteiger partial charge in [-0.05, 0) is 26.3 Å². The molecule has 1 fully saturated rings. The number of hydrogen-bond acceptors (Lipinski definition) is 2. The van der Waals surface area contributed by atoms with E-state index >= 15 is 0 Å². The molecule has 1 aliphatic heterocycles. The van der Waals surface area contributed by atoms with Crippen molar-refractivity contribution in [2.45, 2.75) is 245 Å². The van der Waals surface area contributed by atoms with Gasteiger partial charge in [-0.15, -0.1) is 17.0 Å². The van der Waals surface area contributed by atoms with E-state index in [0.29, 0.717) is 6.17 Å². The van der Waals surface area contributed by atoms with Gasteiger partial charge >= 0.3 is 0 Å². The zero-order valence-corrected chi connectivity index (χ0v) is 32.9. The maximum atomic E-state index is 2.91. The van der Waals surface area contributed by atoms with E-state index in [9.17, 15) is 0 Å². The molecule has 0 aromatic heterocycles. The Hall–Kier alpha value is 0.400. The third-order valence-electron chi connectivity index (χ3n) is 10.7. The minimum Gasteiger partial charge on any atom is -0.290 e. The van der Waals surface area contributed by atoms with Crippen LogP contribution in [0.4, 0.5) is 0 Å². The predicted octanol–water partition coefficient (Wildman–Crippen LogP) is 14.4. The van der Waals surface area contributed by atoms with Gasteiger partial charge in [0, 0.05) is 19.1 Å². The van der Waals surface area contributed by atoms with Crippen molar-refractivity contribution in [1.29, 1.82) is 0 Å². The molecule has 2 nitrogen and oxygen atoms in total. The second kappa shape index (κ2) is 34.7. The zero-order chi connectivity index (χ0) is 31.1. The third kappa shape index (κ3) is 25.5. The lowest BCUT2D eigenvalue weighted by molar-refractivity contribution is 0.0939. The second-order valence-corrected chi connectivity index (χ2v) is 14.7. The van der Waals surface area contributed by atoms with Gasteiger partial charge in [-0.1, -0.05) is 213 Å². The number of nitrogens with zero attached hydrogens (tertiary/aromatic N) is 2. The first-order valence-electron chi connectivity index (χ1n) is 20.7. The topological polar surface area (TPSA) is 6.48 Å². The molecular formula is C41H85BrN2. The van der Waals surface area contributed by atoms with E-state index in [4.69, 9.17) is 0 Å². The Labute approximate surface area is 290 Å². The Kier molecular flexibility index (Phi) is 35.0. The van der Waals surface area contributed by atoms with Gasteiger partial charge in [-0.25, -0.2) is 0 Å². The smallest absolute Gasteiger partial charge is 0.0623 e. The summed E-state index contributed by atoms with van der Waals surface area (Å²) < 4.78 is 0. The molecule has 0 saturated carbocycles. The molecule has 2 atom stereocenters. The quantitative estimate of drug-likeness (QED) is 0.0622. The zero-order valence-electron chi connectivity index (χ0n) is 31.2. The van der Waals surface area contributed by atoms with Crippen LogP contribution < -0.4 is 0 Å². The lowest BCUT2D eigenvalue weighted by Gasteiger charge is -2.34. The van der Waals surface area contributed by atoms with Crippen molar-refractivity contribution in [1.82, 2.24) is 9.80 Å². The number of unbranched alkanes of at least 4 members (excludes halogenated alkanes) is 28. The van der Waals surface area contributed by atoms with E-state index in [1.807, 2.05) is 0 Å². The highest BCUT2D eigenvalue weighted by molar-refractivity contribution is 8.93. The fraction of sp³-hybridized carbons (Fsp3) is 1.00. The second-order valence-electron chi connectivity index (χ2n) is 14.7. The first kappa shape index (κ1) is 44.4. The van der Waals surface area contributed by atoms with Crippen LogP contribution in [0.15, 0.2) is 0 Å². The van der Waals surface area contributed by atoms with Crippen LogP contribution in [-0.4, -0.2) is 42.1 Å². The maximum Gasteiger partial charge on any atom is 0.0623 e. The van der Waals surface area contributed by atoms with E-state index in [0.717, 1.165) is 6.04 Å². The van der Waals surface area contributed by atoms with Crippen LogP contribution in [0, 0.1) is 0 Å². The van der Waals surface area contributed by atoms with Crippen molar-refractivity contribution in [3.63, 3.8) is 0 Å². The molecule has 1 rings (SSSR count). The number of rotatable bonds is 34. The Bertz CT molecular complexity index is 541. The molecular weight excluding hydrogens is 600 g/mol. The highest BCUT2D eigenvalue weighted by atomic mass is 79.9. The molecule has 1 heterocycles. The van der Waals surface area contributed by atoms with Crippen LogP contribution in [0.3, 0.4) is 0 Å². The monoisotopic (exact) mass is 685 g/mol. The highest BCUT2D eigenvalue weighted by Crippen LogP contribution is 2.26. The molecule has 0 N–H and O–H groups in total. The molecule has 266 valence electrons. The summed E-state index contributed by atoms with van der Waals surface area (Å²) in [7, 11) is 2.39. The summed E-state index contributed by atoms with van der Waals surface area (Å²) in [6, 6.07) is 0.813. The molecule has 3 heteroatoms. The first-order valence-corrected chi connectivity index (χ1v) is 20.7. The van der Waals surface area contributed by atoms with Crippen LogP contribution in [0.1, 0.15) is 233 Å². The molecule has 1 saturated heterocycles. The van der Waals surface area contributed by atoms with Crippen molar-refractivity contribution in [2.24, 2.45) is 0 Å². The molecule has 0 bridgehead atoms. The third-order valence-corrected chi connectivity index (χ3v) is 10.7. The summed E-state index contributed by atoms with van der Waals surface area (Å²) >= 11 is 0. The minimum absolute atomic E-state index is 0. The van der Waals surface area contributed by atoms with Gasteiger partial charge in [0.1, 0.15) is 0 Å². The van der Waals surface area contributed by atoms with Gasteiger partial charge in [0.15, 0.2) is 0 Å². The van der Waals surface area contributed by atoms with E-state index in [1.54, 1.807) is 0 Å². The van der Waals surface area contributed by atoms with Gasteiger partial charge in [0.2, 0.25) is 0 Å². The van der Waals surface area contributed by atoms with Crippen molar-refractivity contribution in [3.05, 3.63) is 0 Å². The van der Waals surface area contributed by atoms with Crippen molar-refractivity contribution in [3.8, 4) is 0 Å². The van der Waals surface area contributed by atoms with Gasteiger partial charge in [0.25, 0.3) is 0 Å². The van der Waals surface area contributed by atoms with Crippen LogP contribution in [0.25, 0.3) is 0 Å². The van der Waals surface area contributed by atoms with Gasteiger partial charge in [-0.2, -0.15) is 0 Å². The maximum absolute atomic E-state index is 2.91. The number of likely N-dealkylation sites (N-methyl/N-ethyl adjacent to an activating group) is 1. The fourth-order valence-electron chi connectivity index (χ4n) is 7.69. The van der Waals surface area contributed by atoms with Gasteiger partial charge in [-0.3, -0.25) is 9.80 Å².